The van der Waals surface area contributed by atoms with Gasteiger partial charge in [-0.05, 0) is 32.4 Å². The van der Waals surface area contributed by atoms with Gasteiger partial charge >= 0.3 is 0 Å². The lowest BCUT2D eigenvalue weighted by Crippen LogP contribution is -2.41. The van der Waals surface area contributed by atoms with Crippen molar-refractivity contribution in [1.82, 2.24) is 10.2 Å². The van der Waals surface area contributed by atoms with Crippen LogP contribution in [0.15, 0.2) is 24.3 Å². The number of carbonyl (C=O) groups is 1. The van der Waals surface area contributed by atoms with Gasteiger partial charge in [0.2, 0.25) is 5.91 Å². The largest absolute Gasteiger partial charge is 0.338 e. The van der Waals surface area contributed by atoms with Gasteiger partial charge in [-0.25, -0.2) is 0 Å². The molecular weight excluding hydrogens is 224 g/mol. The van der Waals surface area contributed by atoms with Crippen molar-refractivity contribution in [1.29, 1.82) is 0 Å². The quantitative estimate of drug-likeness (QED) is 0.878. The van der Waals surface area contributed by atoms with E-state index in [2.05, 4.69) is 24.4 Å². The van der Waals surface area contributed by atoms with Crippen LogP contribution in [-0.2, 0) is 11.2 Å². The highest BCUT2D eigenvalue weighted by Gasteiger charge is 2.27. The minimum atomic E-state index is 0.262. The number of rotatable bonds is 4. The van der Waals surface area contributed by atoms with E-state index in [9.17, 15) is 4.79 Å². The summed E-state index contributed by atoms with van der Waals surface area (Å²) in [7, 11) is 1.95. The monoisotopic (exact) mass is 246 g/mol. The molecule has 0 radical (unpaired) electrons. The van der Waals surface area contributed by atoms with E-state index in [1.807, 2.05) is 24.1 Å². The Morgan fingerprint density at radius 1 is 1.50 bits per heavy atom. The molecule has 0 bridgehead atoms. The van der Waals surface area contributed by atoms with E-state index < -0.39 is 0 Å². The molecule has 1 N–H and O–H groups in total. The van der Waals surface area contributed by atoms with E-state index in [1.165, 1.54) is 5.56 Å². The van der Waals surface area contributed by atoms with Gasteiger partial charge in [0.1, 0.15) is 0 Å². The van der Waals surface area contributed by atoms with Crippen molar-refractivity contribution in [3.63, 3.8) is 0 Å². The number of carbonyl (C=O) groups excluding carboxylic acids is 1. The first kappa shape index (κ1) is 13.1. The second-order valence-corrected chi connectivity index (χ2v) is 5.11. The van der Waals surface area contributed by atoms with Gasteiger partial charge in [0.25, 0.3) is 0 Å². The lowest BCUT2D eigenvalue weighted by Gasteiger charge is -2.24. The molecule has 2 rings (SSSR count). The first-order chi connectivity index (χ1) is 8.70. The van der Waals surface area contributed by atoms with Gasteiger partial charge in [-0.15, -0.1) is 0 Å². The van der Waals surface area contributed by atoms with Gasteiger partial charge in [0.05, 0.1) is 6.42 Å². The third-order valence-corrected chi connectivity index (χ3v) is 3.58. The van der Waals surface area contributed by atoms with Crippen molar-refractivity contribution in [3.8, 4) is 0 Å². The third kappa shape index (κ3) is 3.10. The van der Waals surface area contributed by atoms with Crippen LogP contribution in [0, 0.1) is 6.92 Å². The van der Waals surface area contributed by atoms with Gasteiger partial charge in [0, 0.05) is 19.1 Å². The molecule has 1 saturated heterocycles. The number of amides is 1. The number of likely N-dealkylation sites (N-methyl/N-ethyl adjacent to an activating group) is 1. The molecule has 0 spiro atoms. The number of nitrogens with zero attached hydrogens (tertiary/aromatic N) is 1. The van der Waals surface area contributed by atoms with Crippen molar-refractivity contribution in [2.75, 3.05) is 20.1 Å². The highest BCUT2D eigenvalue weighted by atomic mass is 16.2. The topological polar surface area (TPSA) is 32.3 Å². The predicted molar refractivity (Wildman–Crippen MR) is 73.5 cm³/mol. The molecule has 0 aliphatic carbocycles. The molecule has 1 aliphatic rings. The Bertz CT molecular complexity index is 417. The molecule has 18 heavy (non-hydrogen) atoms. The zero-order chi connectivity index (χ0) is 13.0. The summed E-state index contributed by atoms with van der Waals surface area (Å²) < 4.78 is 0. The summed E-state index contributed by atoms with van der Waals surface area (Å²) in [6, 6.07) is 8.60. The molecule has 1 atom stereocenters. The minimum Gasteiger partial charge on any atom is -0.338 e. The molecule has 1 heterocycles. The fourth-order valence-corrected chi connectivity index (χ4v) is 2.71. The summed E-state index contributed by atoms with van der Waals surface area (Å²) in [5, 5.41) is 3.17. The SMILES string of the molecule is CNCC1CCCN1C(=O)Cc1cccc(C)c1. The zero-order valence-electron chi connectivity index (χ0n) is 11.3. The maximum Gasteiger partial charge on any atom is 0.227 e. The van der Waals surface area contributed by atoms with Crippen molar-refractivity contribution in [3.05, 3.63) is 35.4 Å². The van der Waals surface area contributed by atoms with Gasteiger partial charge in [0.15, 0.2) is 0 Å². The molecule has 0 aromatic heterocycles. The highest BCUT2D eigenvalue weighted by molar-refractivity contribution is 5.79. The Hall–Kier alpha value is -1.35. The minimum absolute atomic E-state index is 0.262. The molecule has 1 aromatic rings. The van der Waals surface area contributed by atoms with E-state index >= 15 is 0 Å². The van der Waals surface area contributed by atoms with E-state index in [-0.39, 0.29) is 5.91 Å². The summed E-state index contributed by atoms with van der Waals surface area (Å²) in [6.07, 6.45) is 2.79. The van der Waals surface area contributed by atoms with E-state index in [4.69, 9.17) is 0 Å². The van der Waals surface area contributed by atoms with Crippen LogP contribution >= 0.6 is 0 Å². The van der Waals surface area contributed by atoms with Crippen LogP contribution in [0.4, 0.5) is 0 Å². The second kappa shape index (κ2) is 6.01. The molecule has 98 valence electrons. The number of benzene rings is 1. The third-order valence-electron chi connectivity index (χ3n) is 3.58. The molecule has 1 aliphatic heterocycles. The maximum absolute atomic E-state index is 12.3. The predicted octanol–water partition coefficient (Wildman–Crippen LogP) is 1.75. The highest BCUT2D eigenvalue weighted by Crippen LogP contribution is 2.18. The van der Waals surface area contributed by atoms with E-state index in [1.54, 1.807) is 0 Å². The molecule has 0 saturated carbocycles. The normalized spacial score (nSPS) is 19.2. The summed E-state index contributed by atoms with van der Waals surface area (Å²) in [6.45, 7) is 3.88. The van der Waals surface area contributed by atoms with E-state index in [0.29, 0.717) is 12.5 Å². The van der Waals surface area contributed by atoms with Crippen molar-refractivity contribution >= 4 is 5.91 Å². The van der Waals surface area contributed by atoms with Gasteiger partial charge in [-0.1, -0.05) is 29.8 Å². The second-order valence-electron chi connectivity index (χ2n) is 5.11. The number of likely N-dealkylation sites (tertiary alicyclic amines) is 1. The van der Waals surface area contributed by atoms with Crippen molar-refractivity contribution in [2.24, 2.45) is 0 Å². The Morgan fingerprint density at radius 3 is 3.06 bits per heavy atom. The number of nitrogens with one attached hydrogen (secondary N) is 1. The van der Waals surface area contributed by atoms with Crippen molar-refractivity contribution in [2.45, 2.75) is 32.2 Å². The Labute approximate surface area is 109 Å². The van der Waals surface area contributed by atoms with Gasteiger partial charge in [-0.3, -0.25) is 4.79 Å². The fourth-order valence-electron chi connectivity index (χ4n) is 2.71. The standard InChI is InChI=1S/C15H22N2O/c1-12-5-3-6-13(9-12)10-15(18)17-8-4-7-14(17)11-16-2/h3,5-6,9,14,16H,4,7-8,10-11H2,1-2H3. The lowest BCUT2D eigenvalue weighted by atomic mass is 10.1. The average molecular weight is 246 g/mol. The average Bonchev–Trinajstić information content (AvgIpc) is 2.78. The zero-order valence-corrected chi connectivity index (χ0v) is 11.3. The fraction of sp³-hybridized carbons (Fsp3) is 0.533. The Kier molecular flexibility index (Phi) is 4.37. The maximum atomic E-state index is 12.3. The van der Waals surface area contributed by atoms with Crippen LogP contribution < -0.4 is 5.32 Å². The Morgan fingerprint density at radius 2 is 2.33 bits per heavy atom. The summed E-state index contributed by atoms with van der Waals surface area (Å²) in [4.78, 5) is 14.3. The molecule has 3 heteroatoms. The van der Waals surface area contributed by atoms with E-state index in [0.717, 1.165) is 31.5 Å². The first-order valence-corrected chi connectivity index (χ1v) is 6.70. The Balaban J connectivity index is 1.99. The van der Waals surface area contributed by atoms with Crippen LogP contribution in [0.3, 0.4) is 0 Å². The number of hydrogen-bond donors (Lipinski definition) is 1. The molecule has 1 amide bonds. The molecule has 1 fully saturated rings. The van der Waals surface area contributed by atoms with Crippen LogP contribution in [-0.4, -0.2) is 37.0 Å². The summed E-state index contributed by atoms with van der Waals surface area (Å²) in [5.74, 6) is 0.262. The van der Waals surface area contributed by atoms with Crippen LogP contribution in [0.25, 0.3) is 0 Å². The summed E-state index contributed by atoms with van der Waals surface area (Å²) in [5.41, 5.74) is 2.34. The molecule has 1 unspecified atom stereocenters. The molecular formula is C15H22N2O. The number of hydrogen-bond acceptors (Lipinski definition) is 2. The molecule has 3 nitrogen and oxygen atoms in total. The van der Waals surface area contributed by atoms with Crippen LogP contribution in [0.2, 0.25) is 0 Å². The number of aryl methyl sites for hydroxylation is 1. The van der Waals surface area contributed by atoms with Crippen LogP contribution in [0.5, 0.6) is 0 Å². The van der Waals surface area contributed by atoms with Crippen molar-refractivity contribution < 1.29 is 4.79 Å². The van der Waals surface area contributed by atoms with Gasteiger partial charge in [-0.2, -0.15) is 0 Å². The first-order valence-electron chi connectivity index (χ1n) is 6.70. The lowest BCUT2D eigenvalue weighted by molar-refractivity contribution is -0.131. The smallest absolute Gasteiger partial charge is 0.227 e. The molecule has 1 aromatic carbocycles. The van der Waals surface area contributed by atoms with Crippen LogP contribution in [0.1, 0.15) is 24.0 Å². The van der Waals surface area contributed by atoms with Gasteiger partial charge < -0.3 is 10.2 Å². The summed E-state index contributed by atoms with van der Waals surface area (Å²) >= 11 is 0.